The van der Waals surface area contributed by atoms with Crippen molar-refractivity contribution in [1.29, 1.82) is 0 Å². The molecule has 1 aromatic heterocycles. The fraction of sp³-hybridized carbons (Fsp3) is 0.375. The molecule has 1 unspecified atom stereocenters. The third kappa shape index (κ3) is 3.52. The largest absolute Gasteiger partial charge is 0.306 e. The second kappa shape index (κ2) is 6.99. The van der Waals surface area contributed by atoms with Crippen LogP contribution in [0, 0.1) is 25.5 Å². The molecule has 0 saturated heterocycles. The van der Waals surface area contributed by atoms with Crippen molar-refractivity contribution in [1.82, 2.24) is 5.32 Å². The van der Waals surface area contributed by atoms with Gasteiger partial charge in [-0.15, -0.1) is 11.3 Å². The van der Waals surface area contributed by atoms with Crippen LogP contribution in [0.15, 0.2) is 22.0 Å². The average Bonchev–Trinajstić information content (AvgIpc) is 2.77. The Kier molecular flexibility index (Phi) is 5.52. The summed E-state index contributed by atoms with van der Waals surface area (Å²) in [6.07, 6.45) is 0.899. The standard InChI is InChI=1S/C16H18BrF2NS/c1-4-7-20-16(11-8-13(17)21-10(11)3)14-12(18)6-5-9(2)15(14)19/h5-6,8,16,20H,4,7H2,1-3H3. The lowest BCUT2D eigenvalue weighted by atomic mass is 9.96. The van der Waals surface area contributed by atoms with Gasteiger partial charge in [-0.25, -0.2) is 8.78 Å². The van der Waals surface area contributed by atoms with Crippen molar-refractivity contribution < 1.29 is 8.78 Å². The van der Waals surface area contributed by atoms with Gasteiger partial charge >= 0.3 is 0 Å². The highest BCUT2D eigenvalue weighted by atomic mass is 79.9. The number of rotatable bonds is 5. The predicted octanol–water partition coefficient (Wildman–Crippen LogP) is 5.49. The van der Waals surface area contributed by atoms with Gasteiger partial charge in [0.1, 0.15) is 11.6 Å². The molecular weight excluding hydrogens is 356 g/mol. The maximum atomic E-state index is 14.5. The third-order valence-corrected chi connectivity index (χ3v) is 5.01. The van der Waals surface area contributed by atoms with Gasteiger partial charge in [-0.05, 0) is 66.0 Å². The van der Waals surface area contributed by atoms with E-state index >= 15 is 0 Å². The molecule has 1 N–H and O–H groups in total. The number of hydrogen-bond donors (Lipinski definition) is 1. The van der Waals surface area contributed by atoms with Crippen molar-refractivity contribution >= 4 is 27.3 Å². The molecule has 1 atom stereocenters. The van der Waals surface area contributed by atoms with Gasteiger partial charge in [-0.1, -0.05) is 13.0 Å². The van der Waals surface area contributed by atoms with E-state index in [-0.39, 0.29) is 5.56 Å². The zero-order valence-electron chi connectivity index (χ0n) is 12.3. The molecule has 0 aliphatic carbocycles. The number of hydrogen-bond acceptors (Lipinski definition) is 2. The van der Waals surface area contributed by atoms with Gasteiger partial charge in [-0.2, -0.15) is 0 Å². The maximum Gasteiger partial charge on any atom is 0.134 e. The highest BCUT2D eigenvalue weighted by Crippen LogP contribution is 2.36. The van der Waals surface area contributed by atoms with E-state index in [4.69, 9.17) is 0 Å². The summed E-state index contributed by atoms with van der Waals surface area (Å²) in [6, 6.07) is 4.29. The lowest BCUT2D eigenvalue weighted by Gasteiger charge is -2.21. The topological polar surface area (TPSA) is 12.0 Å². The molecule has 0 saturated carbocycles. The van der Waals surface area contributed by atoms with Crippen molar-refractivity contribution in [3.63, 3.8) is 0 Å². The first kappa shape index (κ1) is 16.6. The van der Waals surface area contributed by atoms with Gasteiger partial charge in [0.2, 0.25) is 0 Å². The normalized spacial score (nSPS) is 12.7. The fourth-order valence-corrected chi connectivity index (χ4v) is 4.09. The van der Waals surface area contributed by atoms with Crippen LogP contribution in [0.25, 0.3) is 0 Å². The maximum absolute atomic E-state index is 14.5. The van der Waals surface area contributed by atoms with Crippen LogP contribution in [0.4, 0.5) is 8.78 Å². The highest BCUT2D eigenvalue weighted by Gasteiger charge is 2.25. The first-order valence-electron chi connectivity index (χ1n) is 6.89. The highest BCUT2D eigenvalue weighted by molar-refractivity contribution is 9.11. The van der Waals surface area contributed by atoms with E-state index in [1.54, 1.807) is 18.3 Å². The molecular formula is C16H18BrF2NS. The molecule has 1 heterocycles. The van der Waals surface area contributed by atoms with Gasteiger partial charge < -0.3 is 5.32 Å². The summed E-state index contributed by atoms with van der Waals surface area (Å²) in [5.41, 5.74) is 1.49. The van der Waals surface area contributed by atoms with Crippen molar-refractivity contribution in [2.24, 2.45) is 0 Å². The third-order valence-electron chi connectivity index (χ3n) is 3.44. The fourth-order valence-electron chi connectivity index (χ4n) is 2.34. The molecule has 0 radical (unpaired) electrons. The molecule has 21 heavy (non-hydrogen) atoms. The molecule has 1 aromatic carbocycles. The Labute approximate surface area is 136 Å². The molecule has 0 spiro atoms. The summed E-state index contributed by atoms with van der Waals surface area (Å²) in [4.78, 5) is 1.05. The van der Waals surface area contributed by atoms with E-state index in [0.29, 0.717) is 12.1 Å². The van der Waals surface area contributed by atoms with Gasteiger partial charge in [0.25, 0.3) is 0 Å². The summed E-state index contributed by atoms with van der Waals surface area (Å²) in [5.74, 6) is -0.973. The van der Waals surface area contributed by atoms with Crippen LogP contribution in [-0.2, 0) is 0 Å². The van der Waals surface area contributed by atoms with Crippen molar-refractivity contribution in [3.8, 4) is 0 Å². The van der Waals surface area contributed by atoms with Crippen LogP contribution in [0.3, 0.4) is 0 Å². The van der Waals surface area contributed by atoms with Gasteiger partial charge in [0.05, 0.1) is 9.83 Å². The Hall–Kier alpha value is -0.780. The minimum atomic E-state index is -0.506. The van der Waals surface area contributed by atoms with Crippen molar-refractivity contribution in [2.45, 2.75) is 33.2 Å². The van der Waals surface area contributed by atoms with E-state index in [1.807, 2.05) is 19.9 Å². The zero-order valence-corrected chi connectivity index (χ0v) is 14.7. The molecule has 0 amide bonds. The van der Waals surface area contributed by atoms with Crippen molar-refractivity contribution in [3.05, 3.63) is 55.2 Å². The Bertz CT molecular complexity index is 639. The number of thiophene rings is 1. The summed E-state index contributed by atoms with van der Waals surface area (Å²) >= 11 is 5.02. The van der Waals surface area contributed by atoms with Crippen LogP contribution >= 0.6 is 27.3 Å². The number of halogens is 3. The first-order chi connectivity index (χ1) is 9.95. The molecule has 0 aliphatic rings. The molecule has 1 nitrogen and oxygen atoms in total. The number of nitrogens with one attached hydrogen (secondary N) is 1. The molecule has 0 aliphatic heterocycles. The van der Waals surface area contributed by atoms with Gasteiger partial charge in [0.15, 0.2) is 0 Å². The molecule has 0 fully saturated rings. The Morgan fingerprint density at radius 2 is 2.00 bits per heavy atom. The van der Waals surface area contributed by atoms with Crippen LogP contribution in [0.5, 0.6) is 0 Å². The lowest BCUT2D eigenvalue weighted by Crippen LogP contribution is -2.25. The van der Waals surface area contributed by atoms with Gasteiger partial charge in [0, 0.05) is 10.4 Å². The van der Waals surface area contributed by atoms with Crippen LogP contribution < -0.4 is 5.32 Å². The summed E-state index contributed by atoms with van der Waals surface area (Å²) in [7, 11) is 0. The SMILES string of the molecule is CCCNC(c1cc(Br)sc1C)c1c(F)ccc(C)c1F. The first-order valence-corrected chi connectivity index (χ1v) is 8.50. The summed E-state index contributed by atoms with van der Waals surface area (Å²) < 4.78 is 29.7. The van der Waals surface area contributed by atoms with Crippen molar-refractivity contribution in [2.75, 3.05) is 6.54 Å². The number of aryl methyl sites for hydroxylation is 2. The number of benzene rings is 1. The average molecular weight is 374 g/mol. The Balaban J connectivity index is 2.56. The van der Waals surface area contributed by atoms with E-state index in [9.17, 15) is 8.78 Å². The smallest absolute Gasteiger partial charge is 0.134 e. The second-order valence-corrected chi connectivity index (χ2v) is 7.68. The second-order valence-electron chi connectivity index (χ2n) is 5.04. The van der Waals surface area contributed by atoms with E-state index in [1.165, 1.54) is 12.1 Å². The summed E-state index contributed by atoms with van der Waals surface area (Å²) in [5, 5.41) is 3.27. The molecule has 0 bridgehead atoms. The molecule has 2 aromatic rings. The van der Waals surface area contributed by atoms with E-state index in [0.717, 1.165) is 20.6 Å². The quantitative estimate of drug-likeness (QED) is 0.729. The van der Waals surface area contributed by atoms with Crippen LogP contribution in [0.1, 0.15) is 41.0 Å². The monoisotopic (exact) mass is 373 g/mol. The minimum absolute atomic E-state index is 0.108. The molecule has 5 heteroatoms. The predicted molar refractivity (Wildman–Crippen MR) is 88.0 cm³/mol. The Morgan fingerprint density at radius 3 is 2.57 bits per heavy atom. The Morgan fingerprint density at radius 1 is 1.29 bits per heavy atom. The lowest BCUT2D eigenvalue weighted by molar-refractivity contribution is 0.499. The molecule has 114 valence electrons. The van der Waals surface area contributed by atoms with Crippen LogP contribution in [0.2, 0.25) is 0 Å². The zero-order chi connectivity index (χ0) is 15.6. The molecule has 2 rings (SSSR count). The van der Waals surface area contributed by atoms with Crippen LogP contribution in [-0.4, -0.2) is 6.54 Å². The van der Waals surface area contributed by atoms with E-state index in [2.05, 4.69) is 21.2 Å². The van der Waals surface area contributed by atoms with Gasteiger partial charge in [-0.3, -0.25) is 0 Å². The minimum Gasteiger partial charge on any atom is -0.306 e. The summed E-state index contributed by atoms with van der Waals surface area (Å²) in [6.45, 7) is 6.36. The van der Waals surface area contributed by atoms with E-state index < -0.39 is 17.7 Å².